The van der Waals surface area contributed by atoms with Gasteiger partial charge in [0.25, 0.3) is 10.0 Å². The van der Waals surface area contributed by atoms with E-state index in [9.17, 15) is 13.2 Å². The summed E-state index contributed by atoms with van der Waals surface area (Å²) < 4.78 is 38.1. The quantitative estimate of drug-likeness (QED) is 0.789. The van der Waals surface area contributed by atoms with Crippen LogP contribution in [0.3, 0.4) is 0 Å². The first-order valence-electron chi connectivity index (χ1n) is 8.51. The Labute approximate surface area is 158 Å². The van der Waals surface area contributed by atoms with E-state index in [0.717, 1.165) is 0 Å². The Balaban J connectivity index is 1.71. The Bertz CT molecular complexity index is 925. The highest BCUT2D eigenvalue weighted by atomic mass is 32.2. The largest absolute Gasteiger partial charge is 0.454 e. The Morgan fingerprint density at radius 3 is 2.30 bits per heavy atom. The maximum Gasteiger partial charge on any atom is 0.321 e. The van der Waals surface area contributed by atoms with Crippen LogP contribution < -0.4 is 19.5 Å². The maximum absolute atomic E-state index is 12.6. The number of hydrogen-bond acceptors (Lipinski definition) is 5. The molecule has 0 spiro atoms. The third-order valence-corrected chi connectivity index (χ3v) is 5.49. The van der Waals surface area contributed by atoms with Gasteiger partial charge in [-0.25, -0.2) is 13.2 Å². The van der Waals surface area contributed by atoms with Crippen LogP contribution in [0.25, 0.3) is 0 Å². The van der Waals surface area contributed by atoms with Crippen molar-refractivity contribution >= 4 is 27.4 Å². The number of nitrogens with zero attached hydrogens (tertiary/aromatic N) is 1. The van der Waals surface area contributed by atoms with Gasteiger partial charge in [-0.1, -0.05) is 0 Å². The van der Waals surface area contributed by atoms with Gasteiger partial charge in [-0.15, -0.1) is 0 Å². The number of fused-ring (bicyclic) bond motifs is 1. The van der Waals surface area contributed by atoms with Gasteiger partial charge in [-0.05, 0) is 50.2 Å². The van der Waals surface area contributed by atoms with E-state index in [1.54, 1.807) is 35.2 Å². The molecule has 3 rings (SSSR count). The zero-order valence-electron chi connectivity index (χ0n) is 15.1. The first-order chi connectivity index (χ1) is 12.9. The summed E-state index contributed by atoms with van der Waals surface area (Å²) in [5.41, 5.74) is 0.895. The van der Waals surface area contributed by atoms with Crippen LogP contribution in [0.2, 0.25) is 0 Å². The number of amides is 2. The number of rotatable bonds is 6. The summed E-state index contributed by atoms with van der Waals surface area (Å²) in [7, 11) is -3.77. The zero-order valence-corrected chi connectivity index (χ0v) is 15.9. The van der Waals surface area contributed by atoms with Gasteiger partial charge < -0.3 is 19.7 Å². The number of sulfonamides is 1. The molecular weight excluding hydrogens is 370 g/mol. The van der Waals surface area contributed by atoms with E-state index < -0.39 is 10.0 Å². The number of nitrogens with one attached hydrogen (secondary N) is 2. The van der Waals surface area contributed by atoms with Crippen LogP contribution >= 0.6 is 0 Å². The van der Waals surface area contributed by atoms with E-state index in [-0.39, 0.29) is 17.7 Å². The number of urea groups is 1. The van der Waals surface area contributed by atoms with Gasteiger partial charge >= 0.3 is 6.03 Å². The molecule has 2 N–H and O–H groups in total. The third-order valence-electron chi connectivity index (χ3n) is 4.09. The van der Waals surface area contributed by atoms with E-state index in [1.165, 1.54) is 12.1 Å². The van der Waals surface area contributed by atoms with Crippen LogP contribution in [0.1, 0.15) is 13.8 Å². The van der Waals surface area contributed by atoms with Crippen molar-refractivity contribution in [1.29, 1.82) is 0 Å². The Morgan fingerprint density at radius 1 is 1.00 bits per heavy atom. The first-order valence-corrected chi connectivity index (χ1v) is 9.99. The molecule has 0 saturated carbocycles. The summed E-state index contributed by atoms with van der Waals surface area (Å²) in [5, 5.41) is 2.74. The number of carbonyl (C=O) groups is 1. The highest BCUT2D eigenvalue weighted by Gasteiger charge is 2.18. The molecule has 1 aliphatic heterocycles. The molecule has 8 nitrogen and oxygen atoms in total. The summed E-state index contributed by atoms with van der Waals surface area (Å²) in [4.78, 5) is 13.8. The van der Waals surface area contributed by atoms with Crippen LogP contribution in [-0.4, -0.2) is 39.2 Å². The van der Waals surface area contributed by atoms with Gasteiger partial charge in [0.2, 0.25) is 6.79 Å². The molecule has 1 aliphatic rings. The number of anilines is 2. The molecule has 0 aliphatic carbocycles. The lowest BCUT2D eigenvalue weighted by atomic mass is 10.3. The molecule has 0 fully saturated rings. The highest BCUT2D eigenvalue weighted by molar-refractivity contribution is 7.92. The second kappa shape index (κ2) is 7.75. The zero-order chi connectivity index (χ0) is 19.4. The second-order valence-corrected chi connectivity index (χ2v) is 7.48. The Kier molecular flexibility index (Phi) is 5.41. The summed E-state index contributed by atoms with van der Waals surface area (Å²) >= 11 is 0. The van der Waals surface area contributed by atoms with Crippen molar-refractivity contribution < 1.29 is 22.7 Å². The van der Waals surface area contributed by atoms with Crippen molar-refractivity contribution in [3.8, 4) is 11.5 Å². The smallest absolute Gasteiger partial charge is 0.321 e. The highest BCUT2D eigenvalue weighted by Crippen LogP contribution is 2.34. The normalized spacial score (nSPS) is 12.5. The number of hydrogen-bond donors (Lipinski definition) is 2. The van der Waals surface area contributed by atoms with E-state index in [0.29, 0.717) is 36.0 Å². The minimum atomic E-state index is -3.77. The molecule has 0 radical (unpaired) electrons. The molecule has 0 unspecified atom stereocenters. The van der Waals surface area contributed by atoms with Crippen LogP contribution in [-0.2, 0) is 10.0 Å². The molecule has 0 saturated heterocycles. The van der Waals surface area contributed by atoms with Crippen molar-refractivity contribution in [3.05, 3.63) is 42.5 Å². The van der Waals surface area contributed by atoms with Gasteiger partial charge in [0, 0.05) is 24.8 Å². The van der Waals surface area contributed by atoms with Crippen molar-refractivity contribution in [3.63, 3.8) is 0 Å². The minimum Gasteiger partial charge on any atom is -0.454 e. The third kappa shape index (κ3) is 4.25. The average molecular weight is 391 g/mol. The van der Waals surface area contributed by atoms with Crippen LogP contribution in [0.4, 0.5) is 16.2 Å². The molecule has 9 heteroatoms. The van der Waals surface area contributed by atoms with E-state index in [1.807, 2.05) is 13.8 Å². The summed E-state index contributed by atoms with van der Waals surface area (Å²) in [6, 6.07) is 10.6. The lowest BCUT2D eigenvalue weighted by Crippen LogP contribution is -2.34. The minimum absolute atomic E-state index is 0.0843. The lowest BCUT2D eigenvalue weighted by Gasteiger charge is -2.19. The molecular formula is C18H21N3O5S. The van der Waals surface area contributed by atoms with Gasteiger partial charge in [0.05, 0.1) is 10.6 Å². The molecule has 0 aromatic heterocycles. The molecule has 0 atom stereocenters. The summed E-state index contributed by atoms with van der Waals surface area (Å²) in [6.07, 6.45) is 0. The number of benzene rings is 2. The summed E-state index contributed by atoms with van der Waals surface area (Å²) in [5.74, 6) is 1.07. The molecule has 0 bridgehead atoms. The van der Waals surface area contributed by atoms with Gasteiger partial charge in [-0.3, -0.25) is 4.72 Å². The Morgan fingerprint density at radius 2 is 1.63 bits per heavy atom. The molecule has 2 amide bonds. The predicted molar refractivity (Wildman–Crippen MR) is 102 cm³/mol. The van der Waals surface area contributed by atoms with Crippen molar-refractivity contribution in [2.24, 2.45) is 0 Å². The number of carbonyl (C=O) groups excluding carboxylic acids is 1. The fourth-order valence-electron chi connectivity index (χ4n) is 2.60. The van der Waals surface area contributed by atoms with Crippen molar-refractivity contribution in [2.75, 3.05) is 29.9 Å². The van der Waals surface area contributed by atoms with Crippen LogP contribution in [0.15, 0.2) is 47.4 Å². The molecule has 144 valence electrons. The topological polar surface area (TPSA) is 97.0 Å². The average Bonchev–Trinajstić information content (AvgIpc) is 3.10. The van der Waals surface area contributed by atoms with Crippen molar-refractivity contribution in [2.45, 2.75) is 18.7 Å². The van der Waals surface area contributed by atoms with Gasteiger partial charge in [-0.2, -0.15) is 0 Å². The summed E-state index contributed by atoms with van der Waals surface area (Å²) in [6.45, 7) is 5.08. The van der Waals surface area contributed by atoms with Gasteiger partial charge in [0.15, 0.2) is 11.5 Å². The van der Waals surface area contributed by atoms with E-state index in [4.69, 9.17) is 9.47 Å². The fourth-order valence-corrected chi connectivity index (χ4v) is 3.65. The van der Waals surface area contributed by atoms with Gasteiger partial charge in [0.1, 0.15) is 0 Å². The monoisotopic (exact) mass is 391 g/mol. The van der Waals surface area contributed by atoms with E-state index >= 15 is 0 Å². The predicted octanol–water partition coefficient (Wildman–Crippen LogP) is 3.09. The molecule has 2 aromatic rings. The van der Waals surface area contributed by atoms with Crippen LogP contribution in [0.5, 0.6) is 11.5 Å². The standard InChI is InChI=1S/C18H21N3O5S/c1-3-21(4-2)18(22)19-13-5-8-15(9-6-13)27(23,24)20-14-7-10-16-17(11-14)26-12-25-16/h5-11,20H,3-4,12H2,1-2H3,(H,19,22). The fraction of sp³-hybridized carbons (Fsp3) is 0.278. The molecule has 27 heavy (non-hydrogen) atoms. The van der Waals surface area contributed by atoms with Crippen LogP contribution in [0, 0.1) is 0 Å². The second-order valence-electron chi connectivity index (χ2n) is 5.80. The Hall–Kier alpha value is -2.94. The molecule has 2 aromatic carbocycles. The maximum atomic E-state index is 12.6. The number of ether oxygens (including phenoxy) is 2. The SMILES string of the molecule is CCN(CC)C(=O)Nc1ccc(S(=O)(=O)Nc2ccc3c(c2)OCO3)cc1. The van der Waals surface area contributed by atoms with E-state index in [2.05, 4.69) is 10.0 Å². The first kappa shape index (κ1) is 18.8. The molecule has 1 heterocycles. The lowest BCUT2D eigenvalue weighted by molar-refractivity contribution is 0.174. The van der Waals surface area contributed by atoms with Crippen molar-refractivity contribution in [1.82, 2.24) is 4.90 Å².